The zero-order valence-corrected chi connectivity index (χ0v) is 20.3. The molecule has 7 nitrogen and oxygen atoms in total. The van der Waals surface area contributed by atoms with Crippen LogP contribution in [0.3, 0.4) is 0 Å². The molecule has 5 rings (SSSR count). The minimum absolute atomic E-state index is 0.178. The second-order valence-corrected chi connectivity index (χ2v) is 9.30. The summed E-state index contributed by atoms with van der Waals surface area (Å²) >= 11 is 3.63. The first-order valence-electron chi connectivity index (χ1n) is 10.8. The van der Waals surface area contributed by atoms with Crippen LogP contribution in [0.15, 0.2) is 22.7 Å². The number of carbonyl (C=O) groups excluding carboxylic acids is 1. The van der Waals surface area contributed by atoms with E-state index in [0.717, 1.165) is 50.8 Å². The first-order valence-corrected chi connectivity index (χ1v) is 11.6. The van der Waals surface area contributed by atoms with Crippen molar-refractivity contribution >= 4 is 43.8 Å². The van der Waals surface area contributed by atoms with E-state index in [1.165, 1.54) is 16.6 Å². The third kappa shape index (κ3) is 3.28. The van der Waals surface area contributed by atoms with Crippen molar-refractivity contribution in [2.24, 2.45) is 7.05 Å². The lowest BCUT2D eigenvalue weighted by Gasteiger charge is -2.27. The molecule has 1 amide bonds. The van der Waals surface area contributed by atoms with Crippen LogP contribution in [0.2, 0.25) is 0 Å². The number of carbonyl (C=O) groups is 1. The molecule has 32 heavy (non-hydrogen) atoms. The van der Waals surface area contributed by atoms with Gasteiger partial charge in [-0.25, -0.2) is 9.67 Å². The molecule has 1 aliphatic rings. The number of amides is 1. The van der Waals surface area contributed by atoms with E-state index in [0.29, 0.717) is 25.3 Å². The molecular weight excluding hydrogens is 470 g/mol. The number of hydrogen-bond acceptors (Lipinski definition) is 4. The molecule has 0 saturated heterocycles. The van der Waals surface area contributed by atoms with Gasteiger partial charge in [0.15, 0.2) is 5.65 Å². The highest BCUT2D eigenvalue weighted by Crippen LogP contribution is 2.33. The van der Waals surface area contributed by atoms with Crippen molar-refractivity contribution in [3.63, 3.8) is 0 Å². The van der Waals surface area contributed by atoms with Gasteiger partial charge in [-0.1, -0.05) is 12.1 Å². The Hall–Kier alpha value is -2.87. The van der Waals surface area contributed by atoms with Gasteiger partial charge in [0.25, 0.3) is 0 Å². The molecular formula is C24H26BrN5O2. The fraction of sp³-hybridized carbons (Fsp3) is 0.375. The van der Waals surface area contributed by atoms with Crippen LogP contribution in [0.5, 0.6) is 5.88 Å². The molecule has 166 valence electrons. The molecule has 1 aromatic carbocycles. The summed E-state index contributed by atoms with van der Waals surface area (Å²) in [6.07, 6.45) is 1.96. The van der Waals surface area contributed by atoms with E-state index in [-0.39, 0.29) is 5.91 Å². The van der Waals surface area contributed by atoms with E-state index < -0.39 is 0 Å². The molecule has 0 unspecified atom stereocenters. The summed E-state index contributed by atoms with van der Waals surface area (Å²) in [4.78, 5) is 23.4. The number of benzene rings is 1. The average Bonchev–Trinajstić information content (AvgIpc) is 3.31. The lowest BCUT2D eigenvalue weighted by Crippen LogP contribution is -2.36. The van der Waals surface area contributed by atoms with Gasteiger partial charge in [0, 0.05) is 59.8 Å². The first-order chi connectivity index (χ1) is 15.4. The van der Waals surface area contributed by atoms with Gasteiger partial charge in [0.05, 0.1) is 18.0 Å². The van der Waals surface area contributed by atoms with Gasteiger partial charge in [0.2, 0.25) is 11.8 Å². The Bertz CT molecular complexity index is 1370. The summed E-state index contributed by atoms with van der Waals surface area (Å²) in [5.41, 5.74) is 7.52. The van der Waals surface area contributed by atoms with Gasteiger partial charge >= 0.3 is 0 Å². The predicted octanol–water partition coefficient (Wildman–Crippen LogP) is 4.36. The van der Waals surface area contributed by atoms with E-state index in [1.54, 1.807) is 11.8 Å². The molecule has 0 saturated carbocycles. The highest BCUT2D eigenvalue weighted by atomic mass is 79.9. The van der Waals surface area contributed by atoms with E-state index in [1.807, 2.05) is 31.0 Å². The summed E-state index contributed by atoms with van der Waals surface area (Å²) in [6, 6.07) is 6.21. The molecule has 1 aliphatic heterocycles. The summed E-state index contributed by atoms with van der Waals surface area (Å²) < 4.78 is 8.26. The second-order valence-electron chi connectivity index (χ2n) is 8.44. The smallest absolute Gasteiger partial charge is 0.242 e. The fourth-order valence-electron chi connectivity index (χ4n) is 4.91. The molecule has 0 radical (unpaired) electrons. The normalized spacial score (nSPS) is 13.7. The number of nitrogens with zero attached hydrogens (tertiary/aromatic N) is 4. The Morgan fingerprint density at radius 2 is 2.12 bits per heavy atom. The Kier molecular flexibility index (Phi) is 5.20. The van der Waals surface area contributed by atoms with Crippen molar-refractivity contribution in [2.45, 2.75) is 39.7 Å². The number of H-pyrrole nitrogens is 1. The molecule has 0 fully saturated rings. The van der Waals surface area contributed by atoms with Gasteiger partial charge in [-0.3, -0.25) is 4.79 Å². The number of halogens is 1. The Labute approximate surface area is 194 Å². The molecule has 8 heteroatoms. The number of fused-ring (bicyclic) bond motifs is 4. The van der Waals surface area contributed by atoms with Crippen LogP contribution >= 0.6 is 15.9 Å². The summed E-state index contributed by atoms with van der Waals surface area (Å²) in [5, 5.41) is 6.54. The van der Waals surface area contributed by atoms with Crippen molar-refractivity contribution in [3.8, 4) is 5.88 Å². The van der Waals surface area contributed by atoms with Crippen molar-refractivity contribution in [2.75, 3.05) is 13.7 Å². The van der Waals surface area contributed by atoms with E-state index in [9.17, 15) is 4.79 Å². The van der Waals surface area contributed by atoms with Crippen molar-refractivity contribution < 1.29 is 9.53 Å². The SMILES string of the molecule is COc1nn(C)c2nc(C)c(CCC(=O)N3CCc4[nH]c5c(Br)cccc5c4C3)c(C)c12. The van der Waals surface area contributed by atoms with Crippen LogP contribution in [0.4, 0.5) is 0 Å². The Morgan fingerprint density at radius 3 is 2.91 bits per heavy atom. The highest BCUT2D eigenvalue weighted by Gasteiger charge is 2.25. The van der Waals surface area contributed by atoms with Crippen molar-refractivity contribution in [1.82, 2.24) is 24.6 Å². The van der Waals surface area contributed by atoms with Crippen molar-refractivity contribution in [1.29, 1.82) is 0 Å². The van der Waals surface area contributed by atoms with Gasteiger partial charge in [0.1, 0.15) is 0 Å². The molecule has 4 aromatic rings. The maximum absolute atomic E-state index is 13.2. The third-order valence-electron chi connectivity index (χ3n) is 6.62. The molecule has 0 atom stereocenters. The van der Waals surface area contributed by atoms with Crippen LogP contribution in [0.25, 0.3) is 21.9 Å². The van der Waals surface area contributed by atoms with Gasteiger partial charge < -0.3 is 14.6 Å². The summed E-state index contributed by atoms with van der Waals surface area (Å²) in [7, 11) is 3.49. The Balaban J connectivity index is 1.37. The number of rotatable bonds is 4. The lowest BCUT2D eigenvalue weighted by atomic mass is 9.99. The van der Waals surface area contributed by atoms with Gasteiger partial charge in [-0.05, 0) is 53.4 Å². The number of aromatic amines is 1. The number of methoxy groups -OCH3 is 1. The average molecular weight is 496 g/mol. The number of aryl methyl sites for hydroxylation is 3. The fourth-order valence-corrected chi connectivity index (χ4v) is 5.38. The molecule has 0 aliphatic carbocycles. The van der Waals surface area contributed by atoms with Crippen molar-refractivity contribution in [3.05, 3.63) is 50.8 Å². The van der Waals surface area contributed by atoms with Crippen LogP contribution in [0, 0.1) is 13.8 Å². The molecule has 3 aromatic heterocycles. The number of hydrogen-bond donors (Lipinski definition) is 1. The van der Waals surface area contributed by atoms with Gasteiger partial charge in [-0.2, -0.15) is 0 Å². The summed E-state index contributed by atoms with van der Waals surface area (Å²) in [6.45, 7) is 5.46. The minimum atomic E-state index is 0.178. The Morgan fingerprint density at radius 1 is 1.31 bits per heavy atom. The number of nitrogens with one attached hydrogen (secondary N) is 1. The maximum Gasteiger partial charge on any atom is 0.242 e. The minimum Gasteiger partial charge on any atom is -0.479 e. The highest BCUT2D eigenvalue weighted by molar-refractivity contribution is 9.10. The monoisotopic (exact) mass is 495 g/mol. The quantitative estimate of drug-likeness (QED) is 0.456. The molecule has 1 N–H and O–H groups in total. The molecule has 0 spiro atoms. The van der Waals surface area contributed by atoms with Crippen LogP contribution in [0.1, 0.15) is 34.5 Å². The van der Waals surface area contributed by atoms with Crippen LogP contribution in [-0.2, 0) is 31.2 Å². The predicted molar refractivity (Wildman–Crippen MR) is 128 cm³/mol. The number of ether oxygens (including phenoxy) is 1. The van der Waals surface area contributed by atoms with E-state index in [4.69, 9.17) is 9.72 Å². The van der Waals surface area contributed by atoms with E-state index in [2.05, 4.69) is 39.0 Å². The number of pyridine rings is 1. The number of aromatic nitrogens is 4. The standard InChI is InChI=1S/C24H26BrN5O2/c1-13-15(14(2)26-23-21(13)24(32-4)28-29(23)3)8-9-20(31)30-11-10-19-17(12-30)16-6-5-7-18(25)22(16)27-19/h5-7,27H,8-12H2,1-4H3. The maximum atomic E-state index is 13.2. The molecule has 0 bridgehead atoms. The largest absolute Gasteiger partial charge is 0.479 e. The summed E-state index contributed by atoms with van der Waals surface area (Å²) in [5.74, 6) is 0.756. The third-order valence-corrected chi connectivity index (χ3v) is 7.28. The zero-order valence-electron chi connectivity index (χ0n) is 18.8. The van der Waals surface area contributed by atoms with Crippen LogP contribution in [-0.4, -0.2) is 44.2 Å². The zero-order chi connectivity index (χ0) is 22.6. The first kappa shape index (κ1) is 21.0. The molecule has 4 heterocycles. The van der Waals surface area contributed by atoms with E-state index >= 15 is 0 Å². The lowest BCUT2D eigenvalue weighted by molar-refractivity contribution is -0.132. The van der Waals surface area contributed by atoms with Crippen LogP contribution < -0.4 is 4.74 Å². The van der Waals surface area contributed by atoms with Gasteiger partial charge in [-0.15, -0.1) is 5.10 Å². The topological polar surface area (TPSA) is 76.0 Å². The number of para-hydroxylation sites is 1. The second kappa shape index (κ2) is 7.92.